The van der Waals surface area contributed by atoms with Gasteiger partial charge in [-0.2, -0.15) is 0 Å². The van der Waals surface area contributed by atoms with Crippen molar-refractivity contribution < 1.29 is 33.8 Å². The van der Waals surface area contributed by atoms with Crippen molar-refractivity contribution in [2.45, 2.75) is 102 Å². The van der Waals surface area contributed by atoms with Crippen molar-refractivity contribution >= 4 is 23.7 Å². The van der Waals surface area contributed by atoms with Crippen LogP contribution in [0.15, 0.2) is 54.6 Å². The number of nitrogens with zero attached hydrogens (tertiary/aromatic N) is 2. The van der Waals surface area contributed by atoms with Gasteiger partial charge < -0.3 is 29.7 Å². The van der Waals surface area contributed by atoms with Gasteiger partial charge in [-0.05, 0) is 51.5 Å². The summed E-state index contributed by atoms with van der Waals surface area (Å²) in [6, 6.07) is 7.76. The lowest BCUT2D eigenvalue weighted by Crippen LogP contribution is -2.56. The van der Waals surface area contributed by atoms with Crippen molar-refractivity contribution in [3.8, 4) is 0 Å². The Morgan fingerprint density at radius 1 is 1.07 bits per heavy atom. The quantitative estimate of drug-likeness (QED) is 0.246. The summed E-state index contributed by atoms with van der Waals surface area (Å²) in [6.07, 6.45) is 10.0. The Bertz CT molecular complexity index is 1300. The van der Waals surface area contributed by atoms with E-state index in [-0.39, 0.29) is 36.8 Å². The Labute approximate surface area is 265 Å². The average Bonchev–Trinajstić information content (AvgIpc) is 3.40. The minimum absolute atomic E-state index is 0.0367. The number of rotatable bonds is 9. The Morgan fingerprint density at radius 3 is 2.58 bits per heavy atom. The van der Waals surface area contributed by atoms with Gasteiger partial charge in [0.25, 0.3) is 0 Å². The maximum absolute atomic E-state index is 14.5. The van der Waals surface area contributed by atoms with E-state index in [1.54, 1.807) is 17.9 Å². The van der Waals surface area contributed by atoms with Crippen LogP contribution >= 0.6 is 0 Å². The number of esters is 1. The molecular weight excluding hydrogens is 574 g/mol. The molecule has 244 valence electrons. The molecule has 10 heteroatoms. The van der Waals surface area contributed by atoms with Gasteiger partial charge in [-0.1, -0.05) is 68.0 Å². The number of nitrogens with one attached hydrogen (secondary N) is 1. The molecule has 4 aliphatic heterocycles. The van der Waals surface area contributed by atoms with Gasteiger partial charge in [0.1, 0.15) is 23.7 Å². The predicted molar refractivity (Wildman–Crippen MR) is 167 cm³/mol. The summed E-state index contributed by atoms with van der Waals surface area (Å²) in [5.41, 5.74) is -0.630. The van der Waals surface area contributed by atoms with E-state index in [1.807, 2.05) is 60.4 Å². The zero-order valence-corrected chi connectivity index (χ0v) is 26.6. The molecule has 1 aromatic rings. The topological polar surface area (TPSA) is 125 Å². The highest BCUT2D eigenvalue weighted by molar-refractivity contribution is 5.99. The molecule has 2 fully saturated rings. The zero-order chi connectivity index (χ0) is 32.1. The third kappa shape index (κ3) is 6.45. The van der Waals surface area contributed by atoms with E-state index in [2.05, 4.69) is 12.2 Å². The van der Waals surface area contributed by atoms with Crippen LogP contribution in [-0.2, 0) is 28.7 Å². The van der Waals surface area contributed by atoms with Crippen LogP contribution < -0.4 is 5.32 Å². The molecule has 2 saturated heterocycles. The molecule has 0 saturated carbocycles. The summed E-state index contributed by atoms with van der Waals surface area (Å²) in [5.74, 6) is -3.20. The number of ether oxygens (including phenoxy) is 2. The first-order valence-electron chi connectivity index (χ1n) is 16.5. The van der Waals surface area contributed by atoms with Gasteiger partial charge in [-0.25, -0.2) is 0 Å². The van der Waals surface area contributed by atoms with Crippen LogP contribution in [0.4, 0.5) is 0 Å². The van der Waals surface area contributed by atoms with Crippen molar-refractivity contribution in [2.75, 3.05) is 19.7 Å². The first-order valence-corrected chi connectivity index (χ1v) is 16.5. The van der Waals surface area contributed by atoms with E-state index in [1.165, 1.54) is 0 Å². The highest BCUT2D eigenvalue weighted by atomic mass is 16.6. The zero-order valence-electron chi connectivity index (χ0n) is 26.6. The summed E-state index contributed by atoms with van der Waals surface area (Å²) in [5, 5.41) is 12.3. The van der Waals surface area contributed by atoms with Gasteiger partial charge in [0, 0.05) is 32.2 Å². The Balaban J connectivity index is 1.57. The monoisotopic (exact) mass is 621 g/mol. The van der Waals surface area contributed by atoms with E-state index >= 15 is 0 Å². The van der Waals surface area contributed by atoms with Crippen LogP contribution in [0.1, 0.15) is 77.4 Å². The highest BCUT2D eigenvalue weighted by Crippen LogP contribution is 2.53. The second-order valence-corrected chi connectivity index (χ2v) is 12.8. The van der Waals surface area contributed by atoms with Crippen molar-refractivity contribution in [3.05, 3.63) is 60.2 Å². The number of amides is 3. The number of hydrogen-bond acceptors (Lipinski definition) is 7. The molecule has 4 heterocycles. The Morgan fingerprint density at radius 2 is 1.84 bits per heavy atom. The third-order valence-electron chi connectivity index (χ3n) is 9.67. The largest absolute Gasteiger partial charge is 0.455 e. The molecule has 3 amide bonds. The fourth-order valence-corrected chi connectivity index (χ4v) is 7.50. The molecular formula is C35H47N3O7. The number of hydrogen-bond donors (Lipinski definition) is 2. The van der Waals surface area contributed by atoms with Crippen LogP contribution in [0.5, 0.6) is 0 Å². The van der Waals surface area contributed by atoms with E-state index in [0.29, 0.717) is 38.8 Å². The Kier molecular flexibility index (Phi) is 10.4. The first-order chi connectivity index (χ1) is 21.7. The molecule has 10 nitrogen and oxygen atoms in total. The van der Waals surface area contributed by atoms with E-state index in [0.717, 1.165) is 18.4 Å². The summed E-state index contributed by atoms with van der Waals surface area (Å²) in [7, 11) is 0. The van der Waals surface area contributed by atoms with Crippen molar-refractivity contribution in [1.82, 2.24) is 15.1 Å². The number of carbonyl (C=O) groups is 4. The number of fused-ring (bicyclic) bond motifs is 2. The van der Waals surface area contributed by atoms with Crippen LogP contribution in [0.2, 0.25) is 0 Å². The molecule has 5 rings (SSSR count). The van der Waals surface area contributed by atoms with Crippen LogP contribution in [0, 0.1) is 11.8 Å². The second kappa shape index (κ2) is 14.3. The number of aliphatic hydroxyl groups excluding tert-OH is 1. The number of likely N-dealkylation sites (tertiary alicyclic amines) is 1. The molecule has 4 aliphatic rings. The van der Waals surface area contributed by atoms with Gasteiger partial charge in [0.05, 0.1) is 18.1 Å². The molecule has 45 heavy (non-hydrogen) atoms. The van der Waals surface area contributed by atoms with Crippen LogP contribution in [-0.4, -0.2) is 88.1 Å². The van der Waals surface area contributed by atoms with Gasteiger partial charge in [-0.15, -0.1) is 0 Å². The highest BCUT2D eigenvalue weighted by Gasteiger charge is 2.71. The number of benzene rings is 1. The fraction of sp³-hybridized carbons (Fsp3) is 0.600. The maximum atomic E-state index is 14.5. The van der Waals surface area contributed by atoms with Gasteiger partial charge in [0.15, 0.2) is 0 Å². The molecule has 2 N–H and O–H groups in total. The second-order valence-electron chi connectivity index (χ2n) is 12.8. The minimum atomic E-state index is -1.35. The van der Waals surface area contributed by atoms with Crippen LogP contribution in [0.3, 0.4) is 0 Å². The molecule has 1 spiro atoms. The normalized spacial score (nSPS) is 33.2. The molecule has 0 bridgehead atoms. The molecule has 8 atom stereocenters. The van der Waals surface area contributed by atoms with Crippen molar-refractivity contribution in [3.63, 3.8) is 0 Å². The first kappa shape index (κ1) is 32.9. The fourth-order valence-electron chi connectivity index (χ4n) is 7.50. The molecule has 0 aromatic heterocycles. The van der Waals surface area contributed by atoms with Crippen molar-refractivity contribution in [2.24, 2.45) is 11.8 Å². The standard InChI is InChI=1S/C35H47N3O7/c1-4-14-23(2)37-21-13-19-35-29(32(41)38(31(35)33(37)42)20-11-6-12-22-39)28-26(45-35)17-9-10-18-27(40)36-24(3)30(44-34(28)43)25-15-7-5-8-16-25/h5,7-9,13,15-17,19,23-24,26,28-31,39H,4,6,10-12,14,18,20-22H2,1-3H3,(H,36,40)/b17-9-/t23?,24-,26-,28+,29+,30+,31-,35+/m0/s1. The number of cyclic esters (lactones) is 1. The van der Waals surface area contributed by atoms with Gasteiger partial charge in [0.2, 0.25) is 17.7 Å². The summed E-state index contributed by atoms with van der Waals surface area (Å²) in [6.45, 7) is 6.67. The molecule has 0 aliphatic carbocycles. The summed E-state index contributed by atoms with van der Waals surface area (Å²) >= 11 is 0. The maximum Gasteiger partial charge on any atom is 0.313 e. The number of carbonyl (C=O) groups excluding carboxylic acids is 4. The number of aliphatic hydroxyl groups is 1. The number of unbranched alkanes of at least 4 members (excludes halogenated alkanes) is 2. The van der Waals surface area contributed by atoms with Crippen LogP contribution in [0.25, 0.3) is 0 Å². The molecule has 1 unspecified atom stereocenters. The predicted octanol–water partition coefficient (Wildman–Crippen LogP) is 3.46. The number of allylic oxidation sites excluding steroid dienone is 1. The lowest BCUT2D eigenvalue weighted by molar-refractivity contribution is -0.161. The third-order valence-corrected chi connectivity index (χ3v) is 9.67. The van der Waals surface area contributed by atoms with E-state index in [4.69, 9.17) is 9.47 Å². The molecule has 1 aromatic carbocycles. The van der Waals surface area contributed by atoms with Gasteiger partial charge >= 0.3 is 5.97 Å². The average molecular weight is 622 g/mol. The van der Waals surface area contributed by atoms with E-state index in [9.17, 15) is 24.3 Å². The summed E-state index contributed by atoms with van der Waals surface area (Å²) < 4.78 is 13.0. The SMILES string of the molecule is CCCC(C)N1CC=C[C@@]23O[C@H]4/C=C\CCC(=O)N[C@@H](C)[C@H](c5ccccc5)OC(=O)[C@H]4[C@@H]2C(=O)N(CCCCCO)[C@H]3C1=O. The lowest BCUT2D eigenvalue weighted by Gasteiger charge is -2.37. The lowest BCUT2D eigenvalue weighted by atomic mass is 9.77. The smallest absolute Gasteiger partial charge is 0.313 e. The van der Waals surface area contributed by atoms with Crippen molar-refractivity contribution in [1.29, 1.82) is 0 Å². The summed E-state index contributed by atoms with van der Waals surface area (Å²) in [4.78, 5) is 59.5. The minimum Gasteiger partial charge on any atom is -0.455 e. The van der Waals surface area contributed by atoms with E-state index < -0.39 is 47.7 Å². The van der Waals surface area contributed by atoms with Gasteiger partial charge in [-0.3, -0.25) is 19.2 Å². The molecule has 0 radical (unpaired) electrons. The Hall–Kier alpha value is -3.50.